The number of hydrogen-bond donors (Lipinski definition) is 2. The van der Waals surface area contributed by atoms with Crippen LogP contribution >= 0.6 is 11.6 Å². The number of ether oxygens (including phenoxy) is 2. The van der Waals surface area contributed by atoms with Gasteiger partial charge >= 0.3 is 0 Å². The Hall–Kier alpha value is -1.46. The Morgan fingerprint density at radius 2 is 2.22 bits per heavy atom. The zero-order valence-corrected chi connectivity index (χ0v) is 14.5. The van der Waals surface area contributed by atoms with E-state index >= 15 is 0 Å². The third kappa shape index (κ3) is 4.30. The third-order valence-electron chi connectivity index (χ3n) is 4.22. The Morgan fingerprint density at radius 1 is 1.43 bits per heavy atom. The molecule has 1 aliphatic rings. The smallest absolute Gasteiger partial charge is 0.251 e. The molecule has 2 rings (SSSR count). The van der Waals surface area contributed by atoms with Crippen LogP contribution in [0.4, 0.5) is 0 Å². The summed E-state index contributed by atoms with van der Waals surface area (Å²) >= 11 is 6.26. The van der Waals surface area contributed by atoms with Gasteiger partial charge in [0.15, 0.2) is 11.5 Å². The van der Waals surface area contributed by atoms with Crippen LogP contribution in [0, 0.1) is 5.92 Å². The lowest BCUT2D eigenvalue weighted by molar-refractivity contribution is 0.0928. The molecule has 1 aromatic carbocycles. The molecule has 2 unspecified atom stereocenters. The fraction of sp³-hybridized carbons (Fsp3) is 0.588. The van der Waals surface area contributed by atoms with Crippen molar-refractivity contribution in [1.82, 2.24) is 5.32 Å². The molecule has 1 saturated carbocycles. The number of rotatable bonds is 7. The first kappa shape index (κ1) is 17.9. The van der Waals surface area contributed by atoms with Crippen LogP contribution in [-0.2, 0) is 0 Å². The zero-order chi connectivity index (χ0) is 16.8. The molecule has 0 spiro atoms. The van der Waals surface area contributed by atoms with Gasteiger partial charge in [0.2, 0.25) is 0 Å². The molecule has 5 nitrogen and oxygen atoms in total. The topological polar surface area (TPSA) is 73.6 Å². The highest BCUT2D eigenvalue weighted by Crippen LogP contribution is 2.36. The number of benzene rings is 1. The maximum atomic E-state index is 12.5. The number of carbonyl (C=O) groups is 1. The number of hydrogen-bond acceptors (Lipinski definition) is 4. The second kappa shape index (κ2) is 8.41. The second-order valence-corrected chi connectivity index (χ2v) is 6.25. The first-order valence-electron chi connectivity index (χ1n) is 8.12. The van der Waals surface area contributed by atoms with Gasteiger partial charge in [-0.25, -0.2) is 0 Å². The Labute approximate surface area is 142 Å². The molecule has 1 aromatic rings. The Kier molecular flexibility index (Phi) is 6.54. The van der Waals surface area contributed by atoms with E-state index in [0.717, 1.165) is 25.7 Å². The Balaban J connectivity index is 2.15. The molecule has 0 radical (unpaired) electrons. The number of halogens is 1. The van der Waals surface area contributed by atoms with Crippen molar-refractivity contribution in [2.75, 3.05) is 20.3 Å². The highest BCUT2D eigenvalue weighted by Gasteiger charge is 2.28. The van der Waals surface area contributed by atoms with Crippen LogP contribution in [0.1, 0.15) is 43.0 Å². The normalized spacial score (nSPS) is 20.3. The summed E-state index contributed by atoms with van der Waals surface area (Å²) in [6, 6.07) is 3.42. The van der Waals surface area contributed by atoms with Gasteiger partial charge < -0.3 is 20.5 Å². The first-order chi connectivity index (χ1) is 11.1. The van der Waals surface area contributed by atoms with Gasteiger partial charge in [0.25, 0.3) is 5.91 Å². The van der Waals surface area contributed by atoms with E-state index in [1.54, 1.807) is 12.1 Å². The van der Waals surface area contributed by atoms with Crippen LogP contribution < -0.4 is 20.5 Å². The lowest BCUT2D eigenvalue weighted by atomic mass is 10.0. The van der Waals surface area contributed by atoms with E-state index in [1.165, 1.54) is 7.11 Å². The summed E-state index contributed by atoms with van der Waals surface area (Å²) in [5.74, 6) is 1.15. The van der Waals surface area contributed by atoms with E-state index in [4.69, 9.17) is 26.8 Å². The van der Waals surface area contributed by atoms with Gasteiger partial charge in [0.1, 0.15) is 0 Å². The van der Waals surface area contributed by atoms with E-state index < -0.39 is 0 Å². The first-order valence-corrected chi connectivity index (χ1v) is 8.49. The Bertz CT molecular complexity index is 551. The summed E-state index contributed by atoms with van der Waals surface area (Å²) < 4.78 is 10.9. The van der Waals surface area contributed by atoms with Gasteiger partial charge in [0.05, 0.1) is 18.7 Å². The molecule has 0 aromatic heterocycles. The molecular weight excluding hydrogens is 316 g/mol. The molecular formula is C17H25ClN2O3. The molecule has 0 heterocycles. The fourth-order valence-electron chi connectivity index (χ4n) is 2.96. The van der Waals surface area contributed by atoms with Crippen LogP contribution in [-0.4, -0.2) is 32.2 Å². The molecule has 23 heavy (non-hydrogen) atoms. The molecule has 1 amide bonds. The fourth-order valence-corrected chi connectivity index (χ4v) is 3.22. The van der Waals surface area contributed by atoms with Gasteiger partial charge in [-0.15, -0.1) is 0 Å². The summed E-state index contributed by atoms with van der Waals surface area (Å²) in [6.07, 6.45) is 4.00. The van der Waals surface area contributed by atoms with Crippen molar-refractivity contribution >= 4 is 17.5 Å². The molecule has 3 N–H and O–H groups in total. The number of nitrogens with one attached hydrogen (secondary N) is 1. The summed E-state index contributed by atoms with van der Waals surface area (Å²) in [5, 5.41) is 3.44. The van der Waals surface area contributed by atoms with Crippen molar-refractivity contribution in [1.29, 1.82) is 0 Å². The minimum absolute atomic E-state index is 0.133. The monoisotopic (exact) mass is 340 g/mol. The van der Waals surface area contributed by atoms with Crippen LogP contribution in [0.15, 0.2) is 12.1 Å². The van der Waals surface area contributed by atoms with Gasteiger partial charge in [-0.1, -0.05) is 24.9 Å². The van der Waals surface area contributed by atoms with Crippen LogP contribution in [0.3, 0.4) is 0 Å². The van der Waals surface area contributed by atoms with Crippen molar-refractivity contribution in [2.45, 2.75) is 38.6 Å². The molecule has 1 fully saturated rings. The van der Waals surface area contributed by atoms with E-state index in [0.29, 0.717) is 41.2 Å². The Morgan fingerprint density at radius 3 is 2.87 bits per heavy atom. The van der Waals surface area contributed by atoms with Crippen LogP contribution in [0.25, 0.3) is 0 Å². The minimum atomic E-state index is -0.155. The predicted octanol–water partition coefficient (Wildman–Crippen LogP) is 2.99. The number of amides is 1. The summed E-state index contributed by atoms with van der Waals surface area (Å²) in [4.78, 5) is 12.5. The van der Waals surface area contributed by atoms with Crippen molar-refractivity contribution in [3.8, 4) is 11.5 Å². The van der Waals surface area contributed by atoms with Gasteiger partial charge in [-0.3, -0.25) is 4.79 Å². The van der Waals surface area contributed by atoms with Crippen molar-refractivity contribution < 1.29 is 14.3 Å². The maximum absolute atomic E-state index is 12.5. The molecule has 6 heteroatoms. The maximum Gasteiger partial charge on any atom is 0.251 e. The van der Waals surface area contributed by atoms with Crippen molar-refractivity contribution in [3.63, 3.8) is 0 Å². The van der Waals surface area contributed by atoms with Crippen LogP contribution in [0.5, 0.6) is 11.5 Å². The quantitative estimate of drug-likeness (QED) is 0.800. The lowest BCUT2D eigenvalue weighted by Crippen LogP contribution is -2.39. The number of nitrogens with two attached hydrogens (primary N) is 1. The molecule has 0 bridgehead atoms. The molecule has 0 aliphatic heterocycles. The largest absolute Gasteiger partial charge is 0.493 e. The minimum Gasteiger partial charge on any atom is -0.493 e. The molecule has 128 valence electrons. The summed E-state index contributed by atoms with van der Waals surface area (Å²) in [7, 11) is 1.54. The number of methoxy groups -OCH3 is 1. The summed E-state index contributed by atoms with van der Waals surface area (Å²) in [5.41, 5.74) is 6.24. The molecule has 2 atom stereocenters. The SMILES string of the molecule is CCCOc1c(Cl)cc(C(=O)NC2CCCC2CN)cc1OC. The average Bonchev–Trinajstić information content (AvgIpc) is 3.00. The highest BCUT2D eigenvalue weighted by molar-refractivity contribution is 6.32. The zero-order valence-electron chi connectivity index (χ0n) is 13.7. The molecule has 1 aliphatic carbocycles. The summed E-state index contributed by atoms with van der Waals surface area (Å²) in [6.45, 7) is 3.15. The van der Waals surface area contributed by atoms with Gasteiger partial charge in [-0.05, 0) is 43.9 Å². The van der Waals surface area contributed by atoms with Crippen LogP contribution in [0.2, 0.25) is 5.02 Å². The second-order valence-electron chi connectivity index (χ2n) is 5.84. The predicted molar refractivity (Wildman–Crippen MR) is 91.4 cm³/mol. The lowest BCUT2D eigenvalue weighted by Gasteiger charge is -2.20. The van der Waals surface area contributed by atoms with Gasteiger partial charge in [-0.2, -0.15) is 0 Å². The van der Waals surface area contributed by atoms with E-state index in [2.05, 4.69) is 5.32 Å². The van der Waals surface area contributed by atoms with Gasteiger partial charge in [0, 0.05) is 11.6 Å². The van der Waals surface area contributed by atoms with E-state index in [-0.39, 0.29) is 11.9 Å². The van der Waals surface area contributed by atoms with E-state index in [1.807, 2.05) is 6.92 Å². The number of carbonyl (C=O) groups excluding carboxylic acids is 1. The third-order valence-corrected chi connectivity index (χ3v) is 4.50. The average molecular weight is 341 g/mol. The molecule has 0 saturated heterocycles. The highest BCUT2D eigenvalue weighted by atomic mass is 35.5. The standard InChI is InChI=1S/C17H25ClN2O3/c1-3-7-23-16-13(18)8-12(9-15(16)22-2)17(21)20-14-6-4-5-11(14)10-19/h8-9,11,14H,3-7,10,19H2,1-2H3,(H,20,21). The van der Waals surface area contributed by atoms with Crippen molar-refractivity contribution in [2.24, 2.45) is 11.7 Å². The van der Waals surface area contributed by atoms with E-state index in [9.17, 15) is 4.79 Å². The van der Waals surface area contributed by atoms with Crippen molar-refractivity contribution in [3.05, 3.63) is 22.7 Å².